The molecule has 0 radical (unpaired) electrons. The summed E-state index contributed by atoms with van der Waals surface area (Å²) in [5.74, 6) is 0.640. The van der Waals surface area contributed by atoms with E-state index in [1.54, 1.807) is 6.07 Å². The summed E-state index contributed by atoms with van der Waals surface area (Å²) in [6, 6.07) is 5.43. The Labute approximate surface area is 129 Å². The molecule has 5 nitrogen and oxygen atoms in total. The second-order valence-electron chi connectivity index (χ2n) is 5.90. The smallest absolute Gasteiger partial charge is 0.227 e. The molecule has 116 valence electrons. The third kappa shape index (κ3) is 2.36. The molecule has 0 spiro atoms. The van der Waals surface area contributed by atoms with E-state index in [0.717, 1.165) is 35.2 Å². The SMILES string of the molecule is Cc1noc(C)c1[C@@H](C)C(=O)N[C@@H]1CCc2c(O)cccc21. The zero-order valence-corrected chi connectivity index (χ0v) is 13.0. The van der Waals surface area contributed by atoms with Gasteiger partial charge in [-0.05, 0) is 50.8 Å². The predicted octanol–water partition coefficient (Wildman–Crippen LogP) is 2.90. The van der Waals surface area contributed by atoms with Crippen LogP contribution in [0.25, 0.3) is 0 Å². The first-order chi connectivity index (χ1) is 10.5. The maximum Gasteiger partial charge on any atom is 0.227 e. The van der Waals surface area contributed by atoms with Gasteiger partial charge in [0.15, 0.2) is 0 Å². The Kier molecular flexibility index (Phi) is 3.64. The topological polar surface area (TPSA) is 75.4 Å². The molecule has 2 N–H and O–H groups in total. The van der Waals surface area contributed by atoms with Crippen LogP contribution in [0.4, 0.5) is 0 Å². The fraction of sp³-hybridized carbons (Fsp3) is 0.412. The third-order valence-corrected chi connectivity index (χ3v) is 4.48. The van der Waals surface area contributed by atoms with Crippen molar-refractivity contribution in [3.8, 4) is 5.75 Å². The number of fused-ring (bicyclic) bond motifs is 1. The van der Waals surface area contributed by atoms with Crippen LogP contribution in [0.1, 0.15) is 53.4 Å². The number of nitrogens with one attached hydrogen (secondary N) is 1. The molecule has 3 rings (SSSR count). The predicted molar refractivity (Wildman–Crippen MR) is 81.7 cm³/mol. The van der Waals surface area contributed by atoms with Crippen LogP contribution in [0, 0.1) is 13.8 Å². The number of phenolic OH excluding ortho intramolecular Hbond substituents is 1. The van der Waals surface area contributed by atoms with Crippen LogP contribution in [-0.2, 0) is 11.2 Å². The number of carbonyl (C=O) groups is 1. The molecule has 1 aliphatic rings. The van der Waals surface area contributed by atoms with Gasteiger partial charge in [-0.1, -0.05) is 17.3 Å². The van der Waals surface area contributed by atoms with E-state index in [1.807, 2.05) is 32.9 Å². The van der Waals surface area contributed by atoms with Crippen LogP contribution >= 0.6 is 0 Å². The molecular formula is C17H20N2O3. The fourth-order valence-corrected chi connectivity index (χ4v) is 3.32. The second kappa shape index (κ2) is 5.48. The van der Waals surface area contributed by atoms with E-state index < -0.39 is 0 Å². The number of hydrogen-bond acceptors (Lipinski definition) is 4. The second-order valence-corrected chi connectivity index (χ2v) is 5.90. The maximum atomic E-state index is 12.6. The lowest BCUT2D eigenvalue weighted by Crippen LogP contribution is -2.31. The number of aryl methyl sites for hydroxylation is 2. The molecule has 5 heteroatoms. The number of benzene rings is 1. The van der Waals surface area contributed by atoms with Gasteiger partial charge in [0.2, 0.25) is 5.91 Å². The summed E-state index contributed by atoms with van der Waals surface area (Å²) in [5.41, 5.74) is 3.56. The molecular weight excluding hydrogens is 280 g/mol. The number of rotatable bonds is 3. The Bertz CT molecular complexity index is 701. The highest BCUT2D eigenvalue weighted by molar-refractivity contribution is 5.84. The number of amides is 1. The Morgan fingerprint density at radius 2 is 2.23 bits per heavy atom. The number of carbonyl (C=O) groups excluding carboxylic acids is 1. The number of phenols is 1. The van der Waals surface area contributed by atoms with Crippen molar-refractivity contribution in [2.24, 2.45) is 0 Å². The molecule has 0 fully saturated rings. The van der Waals surface area contributed by atoms with Crippen LogP contribution in [0.5, 0.6) is 5.75 Å². The Morgan fingerprint density at radius 3 is 2.91 bits per heavy atom. The van der Waals surface area contributed by atoms with Gasteiger partial charge in [0.05, 0.1) is 17.7 Å². The van der Waals surface area contributed by atoms with E-state index in [0.29, 0.717) is 11.5 Å². The number of aromatic hydroxyl groups is 1. The first kappa shape index (κ1) is 14.6. The summed E-state index contributed by atoms with van der Waals surface area (Å²) in [7, 11) is 0. The zero-order chi connectivity index (χ0) is 15.9. The van der Waals surface area contributed by atoms with Crippen molar-refractivity contribution in [2.45, 2.75) is 45.6 Å². The standard InChI is InChI=1S/C17H20N2O3/c1-9(16-10(2)19-22-11(16)3)17(21)18-14-8-7-13-12(14)5-4-6-15(13)20/h4-6,9,14,20H,7-8H2,1-3H3,(H,18,21)/t9-,14-/m1/s1. The summed E-state index contributed by atoms with van der Waals surface area (Å²) in [4.78, 5) is 12.6. The van der Waals surface area contributed by atoms with E-state index in [1.165, 1.54) is 0 Å². The van der Waals surface area contributed by atoms with Crippen LogP contribution in [0.2, 0.25) is 0 Å². The summed E-state index contributed by atoms with van der Waals surface area (Å²) < 4.78 is 5.15. The van der Waals surface area contributed by atoms with Gasteiger partial charge in [-0.25, -0.2) is 0 Å². The molecule has 0 unspecified atom stereocenters. The van der Waals surface area contributed by atoms with Crippen molar-refractivity contribution in [1.82, 2.24) is 10.5 Å². The van der Waals surface area contributed by atoms with E-state index in [4.69, 9.17) is 4.52 Å². The Balaban J connectivity index is 1.78. The third-order valence-electron chi connectivity index (χ3n) is 4.48. The molecule has 0 saturated carbocycles. The van der Waals surface area contributed by atoms with Crippen molar-refractivity contribution in [3.05, 3.63) is 46.3 Å². The van der Waals surface area contributed by atoms with Crippen molar-refractivity contribution in [2.75, 3.05) is 0 Å². The quantitative estimate of drug-likeness (QED) is 0.914. The molecule has 1 heterocycles. The molecule has 1 aliphatic carbocycles. The minimum atomic E-state index is -0.312. The van der Waals surface area contributed by atoms with E-state index >= 15 is 0 Å². The lowest BCUT2D eigenvalue weighted by Gasteiger charge is -2.18. The van der Waals surface area contributed by atoms with E-state index in [9.17, 15) is 9.90 Å². The van der Waals surface area contributed by atoms with Gasteiger partial charge in [-0.3, -0.25) is 4.79 Å². The lowest BCUT2D eigenvalue weighted by atomic mass is 9.98. The lowest BCUT2D eigenvalue weighted by molar-refractivity contribution is -0.123. The number of nitrogens with zero attached hydrogens (tertiary/aromatic N) is 1. The van der Waals surface area contributed by atoms with Gasteiger partial charge < -0.3 is 14.9 Å². The fourth-order valence-electron chi connectivity index (χ4n) is 3.32. The molecule has 0 saturated heterocycles. The normalized spacial score (nSPS) is 18.0. The minimum absolute atomic E-state index is 0.0440. The van der Waals surface area contributed by atoms with E-state index in [-0.39, 0.29) is 17.9 Å². The first-order valence-corrected chi connectivity index (χ1v) is 7.53. The molecule has 1 aromatic heterocycles. The molecule has 1 amide bonds. The first-order valence-electron chi connectivity index (χ1n) is 7.53. The zero-order valence-electron chi connectivity index (χ0n) is 13.0. The van der Waals surface area contributed by atoms with Gasteiger partial charge in [-0.15, -0.1) is 0 Å². The minimum Gasteiger partial charge on any atom is -0.508 e. The average molecular weight is 300 g/mol. The van der Waals surface area contributed by atoms with Gasteiger partial charge in [0.25, 0.3) is 0 Å². The van der Waals surface area contributed by atoms with Gasteiger partial charge in [-0.2, -0.15) is 0 Å². The molecule has 2 aromatic rings. The van der Waals surface area contributed by atoms with Crippen molar-refractivity contribution in [1.29, 1.82) is 0 Å². The summed E-state index contributed by atoms with van der Waals surface area (Å²) in [6.07, 6.45) is 1.60. The summed E-state index contributed by atoms with van der Waals surface area (Å²) >= 11 is 0. The van der Waals surface area contributed by atoms with Gasteiger partial charge in [0.1, 0.15) is 11.5 Å². The number of aromatic nitrogens is 1. The maximum absolute atomic E-state index is 12.6. The van der Waals surface area contributed by atoms with Crippen LogP contribution in [0.3, 0.4) is 0 Å². The highest BCUT2D eigenvalue weighted by Gasteiger charge is 2.29. The Morgan fingerprint density at radius 1 is 1.45 bits per heavy atom. The summed E-state index contributed by atoms with van der Waals surface area (Å²) in [6.45, 7) is 5.53. The van der Waals surface area contributed by atoms with Gasteiger partial charge >= 0.3 is 0 Å². The van der Waals surface area contributed by atoms with Crippen molar-refractivity contribution in [3.63, 3.8) is 0 Å². The summed E-state index contributed by atoms with van der Waals surface area (Å²) in [5, 5.41) is 16.9. The average Bonchev–Trinajstić information content (AvgIpc) is 3.04. The van der Waals surface area contributed by atoms with Crippen LogP contribution < -0.4 is 5.32 Å². The molecule has 2 atom stereocenters. The molecule has 0 bridgehead atoms. The highest BCUT2D eigenvalue weighted by Crippen LogP contribution is 2.36. The highest BCUT2D eigenvalue weighted by atomic mass is 16.5. The van der Waals surface area contributed by atoms with Crippen LogP contribution in [0.15, 0.2) is 22.7 Å². The van der Waals surface area contributed by atoms with E-state index in [2.05, 4.69) is 10.5 Å². The van der Waals surface area contributed by atoms with Crippen molar-refractivity contribution >= 4 is 5.91 Å². The largest absolute Gasteiger partial charge is 0.508 e. The van der Waals surface area contributed by atoms with Crippen molar-refractivity contribution < 1.29 is 14.4 Å². The van der Waals surface area contributed by atoms with Gasteiger partial charge in [0, 0.05) is 5.56 Å². The van der Waals surface area contributed by atoms with Crippen LogP contribution in [-0.4, -0.2) is 16.2 Å². The molecule has 0 aliphatic heterocycles. The molecule has 1 aromatic carbocycles. The molecule has 22 heavy (non-hydrogen) atoms. The monoisotopic (exact) mass is 300 g/mol. The Hall–Kier alpha value is -2.30. The number of hydrogen-bond donors (Lipinski definition) is 2.